The molecule has 1 aliphatic heterocycles. The lowest BCUT2D eigenvalue weighted by Gasteiger charge is -2.27. The van der Waals surface area contributed by atoms with Crippen LogP contribution in [-0.4, -0.2) is 19.4 Å². The van der Waals surface area contributed by atoms with Crippen LogP contribution in [0.2, 0.25) is 0 Å². The molecule has 2 heteroatoms. The molecule has 1 heterocycles. The summed E-state index contributed by atoms with van der Waals surface area (Å²) < 4.78 is 0. The van der Waals surface area contributed by atoms with E-state index in [1.54, 1.807) is 0 Å². The van der Waals surface area contributed by atoms with Gasteiger partial charge in [0.1, 0.15) is 0 Å². The first-order chi connectivity index (χ1) is 6.92. The van der Waals surface area contributed by atoms with Gasteiger partial charge < -0.3 is 4.90 Å². The highest BCUT2D eigenvalue weighted by molar-refractivity contribution is 5.71. The summed E-state index contributed by atoms with van der Waals surface area (Å²) in [5.41, 5.74) is 2.44. The Bertz CT molecular complexity index is 357. The van der Waals surface area contributed by atoms with Crippen LogP contribution in [0.3, 0.4) is 0 Å². The molecule has 71 valence electrons. The summed E-state index contributed by atoms with van der Waals surface area (Å²) in [5, 5.41) is 0. The molecule has 0 unspecified atom stereocenters. The van der Waals surface area contributed by atoms with E-state index in [1.807, 2.05) is 18.4 Å². The smallest absolute Gasteiger partial charge is 0.200 e. The van der Waals surface area contributed by atoms with Crippen molar-refractivity contribution in [1.29, 1.82) is 0 Å². The summed E-state index contributed by atoms with van der Waals surface area (Å²) in [5.74, 6) is 0. The third-order valence-electron chi connectivity index (χ3n) is 2.38. The molecule has 0 amide bonds. The average molecular weight is 186 g/mol. The van der Waals surface area contributed by atoms with Gasteiger partial charge in [-0.1, -0.05) is 30.4 Å². The molecule has 1 aromatic rings. The molecule has 1 aromatic carbocycles. The van der Waals surface area contributed by atoms with E-state index < -0.39 is 0 Å². The Labute approximate surface area is 83.8 Å². The minimum Gasteiger partial charge on any atom is -0.367 e. The van der Waals surface area contributed by atoms with E-state index in [0.717, 1.165) is 13.1 Å². The minimum absolute atomic E-state index is 0.474. The lowest BCUT2D eigenvalue weighted by molar-refractivity contribution is 0.551. The molecular weight excluding hydrogens is 174 g/mol. The number of fused-ring (bicyclic) bond motifs is 1. The van der Waals surface area contributed by atoms with Gasteiger partial charge in [-0.15, -0.1) is 0 Å². The first kappa shape index (κ1) is 9.00. The van der Waals surface area contributed by atoms with Gasteiger partial charge in [0.05, 0.1) is 0 Å². The number of carbonyl (C=O) groups excluding carboxylic acids is 1. The SMILES string of the molecule is O=[C]CCN1CC=Cc2ccccc21. The fraction of sp³-hybridized carbons (Fsp3) is 0.250. The van der Waals surface area contributed by atoms with Crippen LogP contribution in [0.15, 0.2) is 30.3 Å². The van der Waals surface area contributed by atoms with Crippen LogP contribution in [0.5, 0.6) is 0 Å². The largest absolute Gasteiger partial charge is 0.367 e. The second-order valence-electron chi connectivity index (χ2n) is 3.30. The van der Waals surface area contributed by atoms with Crippen molar-refractivity contribution in [3.8, 4) is 0 Å². The molecule has 0 fully saturated rings. The normalized spacial score (nSPS) is 13.9. The number of anilines is 1. The van der Waals surface area contributed by atoms with Crippen LogP contribution >= 0.6 is 0 Å². The highest BCUT2D eigenvalue weighted by atomic mass is 16.1. The maximum absolute atomic E-state index is 10.2. The summed E-state index contributed by atoms with van der Waals surface area (Å²) in [6, 6.07) is 8.22. The first-order valence-electron chi connectivity index (χ1n) is 4.77. The number of hydrogen-bond donors (Lipinski definition) is 0. The topological polar surface area (TPSA) is 20.3 Å². The fourth-order valence-corrected chi connectivity index (χ4v) is 1.71. The van der Waals surface area contributed by atoms with E-state index in [9.17, 15) is 4.79 Å². The standard InChI is InChI=1S/C12H12NO/c14-10-4-9-13-8-3-6-11-5-1-2-7-12(11)13/h1-3,5-7H,4,8-9H2. The van der Waals surface area contributed by atoms with Crippen LogP contribution in [-0.2, 0) is 4.79 Å². The second kappa shape index (κ2) is 4.09. The van der Waals surface area contributed by atoms with Crippen LogP contribution in [0.4, 0.5) is 5.69 Å². The molecule has 14 heavy (non-hydrogen) atoms. The van der Waals surface area contributed by atoms with E-state index in [0.29, 0.717) is 6.42 Å². The zero-order valence-electron chi connectivity index (χ0n) is 7.94. The van der Waals surface area contributed by atoms with Gasteiger partial charge in [-0.05, 0) is 11.6 Å². The predicted molar refractivity (Wildman–Crippen MR) is 58.0 cm³/mol. The molecule has 0 aromatic heterocycles. The van der Waals surface area contributed by atoms with Crippen molar-refractivity contribution in [2.75, 3.05) is 18.0 Å². The van der Waals surface area contributed by atoms with Gasteiger partial charge in [0.15, 0.2) is 6.29 Å². The van der Waals surface area contributed by atoms with Crippen LogP contribution in [0.1, 0.15) is 12.0 Å². The lowest BCUT2D eigenvalue weighted by atomic mass is 10.1. The Morgan fingerprint density at radius 3 is 3.07 bits per heavy atom. The van der Waals surface area contributed by atoms with Gasteiger partial charge >= 0.3 is 0 Å². The number of benzene rings is 1. The van der Waals surface area contributed by atoms with Crippen LogP contribution < -0.4 is 4.90 Å². The van der Waals surface area contributed by atoms with Gasteiger partial charge in [-0.25, -0.2) is 0 Å². The fourth-order valence-electron chi connectivity index (χ4n) is 1.71. The van der Waals surface area contributed by atoms with E-state index in [2.05, 4.69) is 29.2 Å². The number of nitrogens with zero attached hydrogens (tertiary/aromatic N) is 1. The minimum atomic E-state index is 0.474. The Morgan fingerprint density at radius 2 is 2.21 bits per heavy atom. The predicted octanol–water partition coefficient (Wildman–Crippen LogP) is 2.02. The molecule has 0 saturated heterocycles. The molecule has 0 aliphatic carbocycles. The van der Waals surface area contributed by atoms with Crippen molar-refractivity contribution in [3.05, 3.63) is 35.9 Å². The molecule has 2 rings (SSSR count). The zero-order chi connectivity index (χ0) is 9.80. The summed E-state index contributed by atoms with van der Waals surface area (Å²) in [6.45, 7) is 1.64. The van der Waals surface area contributed by atoms with Crippen molar-refractivity contribution >= 4 is 18.0 Å². The van der Waals surface area contributed by atoms with E-state index >= 15 is 0 Å². The molecule has 0 atom stereocenters. The Kier molecular flexibility index (Phi) is 2.63. The highest BCUT2D eigenvalue weighted by Crippen LogP contribution is 2.24. The van der Waals surface area contributed by atoms with E-state index in [4.69, 9.17) is 0 Å². The third kappa shape index (κ3) is 1.69. The number of rotatable bonds is 3. The van der Waals surface area contributed by atoms with E-state index in [-0.39, 0.29) is 0 Å². The summed E-state index contributed by atoms with van der Waals surface area (Å²) in [6.07, 6.45) is 6.64. The summed E-state index contributed by atoms with van der Waals surface area (Å²) >= 11 is 0. The van der Waals surface area contributed by atoms with Crippen molar-refractivity contribution in [2.45, 2.75) is 6.42 Å². The van der Waals surface area contributed by atoms with Gasteiger partial charge in [0.25, 0.3) is 0 Å². The van der Waals surface area contributed by atoms with Gasteiger partial charge in [0, 0.05) is 25.2 Å². The lowest BCUT2D eigenvalue weighted by Crippen LogP contribution is -2.27. The molecule has 1 radical (unpaired) electrons. The van der Waals surface area contributed by atoms with E-state index in [1.165, 1.54) is 11.3 Å². The Balaban J connectivity index is 2.22. The molecule has 0 saturated carbocycles. The zero-order valence-corrected chi connectivity index (χ0v) is 7.94. The Morgan fingerprint density at radius 1 is 1.36 bits per heavy atom. The van der Waals surface area contributed by atoms with Crippen LogP contribution in [0.25, 0.3) is 6.08 Å². The van der Waals surface area contributed by atoms with Crippen molar-refractivity contribution in [1.82, 2.24) is 0 Å². The van der Waals surface area contributed by atoms with Crippen molar-refractivity contribution in [2.24, 2.45) is 0 Å². The van der Waals surface area contributed by atoms with Crippen LogP contribution in [0, 0.1) is 0 Å². The maximum atomic E-state index is 10.2. The van der Waals surface area contributed by atoms with Gasteiger partial charge in [0.2, 0.25) is 0 Å². The molecule has 0 spiro atoms. The van der Waals surface area contributed by atoms with Crippen molar-refractivity contribution < 1.29 is 4.79 Å². The highest BCUT2D eigenvalue weighted by Gasteiger charge is 2.10. The summed E-state index contributed by atoms with van der Waals surface area (Å²) in [7, 11) is 0. The average Bonchev–Trinajstić information content (AvgIpc) is 2.26. The van der Waals surface area contributed by atoms with Crippen molar-refractivity contribution in [3.63, 3.8) is 0 Å². The second-order valence-corrected chi connectivity index (χ2v) is 3.30. The Hall–Kier alpha value is -1.57. The number of hydrogen-bond acceptors (Lipinski definition) is 2. The molecule has 0 N–H and O–H groups in total. The maximum Gasteiger partial charge on any atom is 0.200 e. The molecule has 1 aliphatic rings. The monoisotopic (exact) mass is 186 g/mol. The first-order valence-corrected chi connectivity index (χ1v) is 4.77. The summed E-state index contributed by atoms with van der Waals surface area (Å²) in [4.78, 5) is 12.4. The molecule has 0 bridgehead atoms. The molecule has 2 nitrogen and oxygen atoms in total. The van der Waals surface area contributed by atoms with Gasteiger partial charge in [-0.2, -0.15) is 0 Å². The third-order valence-corrected chi connectivity index (χ3v) is 2.38. The number of para-hydroxylation sites is 1. The molecular formula is C12H12NO. The quantitative estimate of drug-likeness (QED) is 0.719. The van der Waals surface area contributed by atoms with Gasteiger partial charge in [-0.3, -0.25) is 4.79 Å².